The lowest BCUT2D eigenvalue weighted by atomic mass is 9.97. The van der Waals surface area contributed by atoms with Gasteiger partial charge in [-0.3, -0.25) is 19.9 Å². The normalized spacial score (nSPS) is 10.8. The van der Waals surface area contributed by atoms with E-state index in [2.05, 4.69) is 362 Å². The fourth-order valence-electron chi connectivity index (χ4n) is 16.1. The smallest absolute Gasteiger partial charge is 0.163 e. The van der Waals surface area contributed by atoms with Gasteiger partial charge in [-0.2, -0.15) is 0 Å². The molecule has 127 heavy (non-hydrogen) atoms. The number of para-hydroxylation sites is 2. The number of hydrogen-bond acceptors (Lipinski definition) is 9. The van der Waals surface area contributed by atoms with Gasteiger partial charge in [0.05, 0.1) is 27.9 Å². The van der Waals surface area contributed by atoms with Gasteiger partial charge in [-0.1, -0.05) is 309 Å². The van der Waals surface area contributed by atoms with Crippen LogP contribution in [0.3, 0.4) is 0 Å². The van der Waals surface area contributed by atoms with Crippen LogP contribution in [-0.2, 0) is 0 Å². The van der Waals surface area contributed by atoms with Crippen molar-refractivity contribution in [2.45, 2.75) is 41.5 Å². The van der Waals surface area contributed by atoms with Crippen LogP contribution in [0.1, 0.15) is 34.0 Å². The van der Waals surface area contributed by atoms with Crippen molar-refractivity contribution >= 4 is 54.3 Å². The van der Waals surface area contributed by atoms with Gasteiger partial charge in [-0.15, -0.1) is 0 Å². The number of aromatic nitrogens is 10. The highest BCUT2D eigenvalue weighted by atomic mass is 15.0. The average Bonchev–Trinajstić information content (AvgIpc) is 1.60. The van der Waals surface area contributed by atoms with Crippen molar-refractivity contribution in [1.82, 2.24) is 49.4 Å². The van der Waals surface area contributed by atoms with Crippen LogP contribution >= 0.6 is 0 Å². The molecule has 10 nitrogen and oxygen atoms in total. The van der Waals surface area contributed by atoms with Gasteiger partial charge >= 0.3 is 0 Å². The van der Waals surface area contributed by atoms with E-state index in [-0.39, 0.29) is 0 Å². The molecule has 22 aromatic rings. The van der Waals surface area contributed by atoms with E-state index < -0.39 is 0 Å². The van der Waals surface area contributed by atoms with Gasteiger partial charge in [-0.05, 0) is 239 Å². The summed E-state index contributed by atoms with van der Waals surface area (Å²) in [4.78, 5) is 40.3. The maximum absolute atomic E-state index is 4.80. The number of pyridine rings is 4. The zero-order valence-corrected chi connectivity index (χ0v) is 71.7. The van der Waals surface area contributed by atoms with Crippen LogP contribution in [0, 0.1) is 41.5 Å². The van der Waals surface area contributed by atoms with Crippen LogP contribution < -0.4 is 0 Å². The molecule has 610 valence electrons. The quantitative estimate of drug-likeness (QED) is 0.117. The molecule has 0 amide bonds. The summed E-state index contributed by atoms with van der Waals surface area (Å²) in [5, 5.41) is 8.45. The molecule has 0 aliphatic carbocycles. The minimum Gasteiger partial charge on any atom is -0.309 e. The standard InChI is InChI=1S/C28H20N4.4C18H15N.C17H12N2/c1-19-29-27(20-10-4-2-5-11-20)31-28(30-19)21-16-17-26-24(18-21)23-14-8-9-15-25(23)32(26)22-12-6-3-7-13-22;1-14-12-17(15-8-4-2-5-9-15)13-18(19-14)16-10-6-3-7-11-16;1-14-11-16(15-7-3-2-4-8-15)13-17(12-14)18-9-5-6-10-19-18;1-14-10-17(15-6-3-2-4-7-15)12-18(11-14)16-8-5-9-19-13-16;1-14-11-17(15-5-3-2-4-6-15)13-18(12-14)16-7-9-19-10-8-16;1-11-18-10-16-14-8-3-2-6-12(14)13-7-4-5-9-15(13)17(16)19-11/h2-18H,1H3;4*2-13H,1H3;2-10H,1H3. The maximum atomic E-state index is 4.80. The molecule has 0 bridgehead atoms. The Kier molecular flexibility index (Phi) is 25.8. The lowest BCUT2D eigenvalue weighted by Crippen LogP contribution is -1.99. The van der Waals surface area contributed by atoms with Crippen molar-refractivity contribution in [3.8, 4) is 118 Å². The number of nitrogens with zero attached hydrogens (tertiary/aromatic N) is 10. The Morgan fingerprint density at radius 1 is 0.197 bits per heavy atom. The van der Waals surface area contributed by atoms with Crippen LogP contribution in [0.4, 0.5) is 0 Å². The number of aryl methyl sites for hydroxylation is 6. The first-order chi connectivity index (χ1) is 62.4. The second kappa shape index (κ2) is 39.6. The summed E-state index contributed by atoms with van der Waals surface area (Å²) < 4.78 is 2.31. The third-order valence-corrected chi connectivity index (χ3v) is 22.0. The number of rotatable bonds is 11. The summed E-state index contributed by atoms with van der Waals surface area (Å²) in [6.07, 6.45) is 11.1. The summed E-state index contributed by atoms with van der Waals surface area (Å²) in [5.74, 6) is 2.91. The Morgan fingerprint density at radius 3 is 1.14 bits per heavy atom. The fourth-order valence-corrected chi connectivity index (χ4v) is 16.1. The molecule has 0 radical (unpaired) electrons. The van der Waals surface area contributed by atoms with E-state index in [4.69, 9.17) is 4.98 Å². The van der Waals surface area contributed by atoms with Gasteiger partial charge in [-0.25, -0.2) is 24.9 Å². The molecule has 0 unspecified atom stereocenters. The SMILES string of the molecule is Cc1cc(-c2ccccc2)cc(-c2ccccc2)n1.Cc1cc(-c2ccccc2)cc(-c2ccccn2)c1.Cc1cc(-c2ccccc2)cc(-c2cccnc2)c1.Cc1cc(-c2ccccc2)cc(-c2ccncc2)c1.Cc1nc(-c2ccccc2)nc(-c2ccc3c(c2)c2ccccc2n3-c2ccccc2)n1.Cc1ncc2c3ccccc3c3ccccc3c2n1. The lowest BCUT2D eigenvalue weighted by Gasteiger charge is -2.09. The molecule has 10 heteroatoms. The molecule has 7 heterocycles. The molecule has 0 aliphatic rings. The molecule has 0 fully saturated rings. The summed E-state index contributed by atoms with van der Waals surface area (Å²) >= 11 is 0. The Labute approximate surface area is 741 Å². The third kappa shape index (κ3) is 20.2. The number of hydrogen-bond donors (Lipinski definition) is 0. The van der Waals surface area contributed by atoms with E-state index in [0.29, 0.717) is 17.5 Å². The van der Waals surface area contributed by atoms with Crippen LogP contribution in [-0.4, -0.2) is 49.4 Å². The number of benzene rings is 15. The zero-order valence-electron chi connectivity index (χ0n) is 71.7. The summed E-state index contributed by atoms with van der Waals surface area (Å²) in [6, 6.07) is 143. The van der Waals surface area contributed by atoms with Crippen LogP contribution in [0.25, 0.3) is 172 Å². The van der Waals surface area contributed by atoms with Gasteiger partial charge < -0.3 is 4.57 Å². The van der Waals surface area contributed by atoms with Gasteiger partial charge in [0.25, 0.3) is 0 Å². The molecule has 0 saturated heterocycles. The Morgan fingerprint density at radius 2 is 0.614 bits per heavy atom. The lowest BCUT2D eigenvalue weighted by molar-refractivity contribution is 0.992. The van der Waals surface area contributed by atoms with E-state index >= 15 is 0 Å². The largest absolute Gasteiger partial charge is 0.309 e. The third-order valence-electron chi connectivity index (χ3n) is 22.0. The highest BCUT2D eigenvalue weighted by molar-refractivity contribution is 6.24. The minimum absolute atomic E-state index is 0.690. The molecule has 7 aromatic heterocycles. The van der Waals surface area contributed by atoms with Gasteiger partial charge in [0, 0.05) is 97.9 Å². The second-order valence-corrected chi connectivity index (χ2v) is 31.3. The molecule has 0 atom stereocenters. The highest BCUT2D eigenvalue weighted by Crippen LogP contribution is 2.38. The van der Waals surface area contributed by atoms with Gasteiger partial charge in [0.15, 0.2) is 11.6 Å². The molecule has 0 spiro atoms. The molecule has 0 aliphatic heterocycles. The van der Waals surface area contributed by atoms with Gasteiger partial charge in [0.2, 0.25) is 0 Å². The Balaban J connectivity index is 0.000000109. The topological polar surface area (TPSA) is 121 Å². The van der Waals surface area contributed by atoms with Crippen molar-refractivity contribution in [3.05, 3.63) is 484 Å². The Hall–Kier alpha value is -16.4. The highest BCUT2D eigenvalue weighted by Gasteiger charge is 2.17. The van der Waals surface area contributed by atoms with Crippen molar-refractivity contribution in [2.75, 3.05) is 0 Å². The summed E-state index contributed by atoms with van der Waals surface area (Å²) in [5.41, 5.74) is 30.4. The van der Waals surface area contributed by atoms with Crippen molar-refractivity contribution < 1.29 is 0 Å². The van der Waals surface area contributed by atoms with Crippen LogP contribution in [0.5, 0.6) is 0 Å². The minimum atomic E-state index is 0.690. The molecule has 22 rings (SSSR count). The molecule has 15 aromatic carbocycles. The van der Waals surface area contributed by atoms with E-state index in [1.165, 1.54) is 121 Å². The molecular weight excluding hydrogens is 1550 g/mol. The first-order valence-electron chi connectivity index (χ1n) is 42.7. The summed E-state index contributed by atoms with van der Waals surface area (Å²) in [7, 11) is 0. The molecule has 0 saturated carbocycles. The predicted molar refractivity (Wildman–Crippen MR) is 528 cm³/mol. The second-order valence-electron chi connectivity index (χ2n) is 31.3. The molecular formula is C117H92N10. The first-order valence-corrected chi connectivity index (χ1v) is 42.7. The van der Waals surface area contributed by atoms with Gasteiger partial charge in [0.1, 0.15) is 11.6 Å². The molecule has 0 N–H and O–H groups in total. The predicted octanol–water partition coefficient (Wildman–Crippen LogP) is 29.8. The Bertz CT molecular complexity index is 6690. The van der Waals surface area contributed by atoms with Crippen LogP contribution in [0.15, 0.2) is 450 Å². The van der Waals surface area contributed by atoms with Crippen LogP contribution in [0.2, 0.25) is 0 Å². The van der Waals surface area contributed by atoms with Crippen molar-refractivity contribution in [1.29, 1.82) is 0 Å². The summed E-state index contributed by atoms with van der Waals surface area (Å²) in [6.45, 7) is 12.3. The van der Waals surface area contributed by atoms with E-state index in [9.17, 15) is 0 Å². The maximum Gasteiger partial charge on any atom is 0.163 e. The monoisotopic (exact) mass is 1640 g/mol. The average molecular weight is 1640 g/mol. The van der Waals surface area contributed by atoms with Crippen molar-refractivity contribution in [3.63, 3.8) is 0 Å². The number of fused-ring (bicyclic) bond motifs is 9. The van der Waals surface area contributed by atoms with E-state index in [1.807, 2.05) is 167 Å². The van der Waals surface area contributed by atoms with E-state index in [0.717, 1.165) is 67.3 Å². The fraction of sp³-hybridized carbons (Fsp3) is 0.0513. The van der Waals surface area contributed by atoms with Crippen molar-refractivity contribution in [2.24, 2.45) is 0 Å². The van der Waals surface area contributed by atoms with E-state index in [1.54, 1.807) is 6.20 Å². The first kappa shape index (κ1) is 82.9. The zero-order chi connectivity index (χ0) is 86.6.